The lowest BCUT2D eigenvalue weighted by Gasteiger charge is -2.19. The van der Waals surface area contributed by atoms with Gasteiger partial charge in [-0.15, -0.1) is 0 Å². The summed E-state index contributed by atoms with van der Waals surface area (Å²) < 4.78 is 5.57. The highest BCUT2D eigenvalue weighted by atomic mass is 16.5. The number of hydrogen-bond donors (Lipinski definition) is 2. The summed E-state index contributed by atoms with van der Waals surface area (Å²) in [7, 11) is 0. The fourth-order valence-electron chi connectivity index (χ4n) is 2.27. The van der Waals surface area contributed by atoms with Crippen LogP contribution in [0.3, 0.4) is 0 Å². The quantitative estimate of drug-likeness (QED) is 0.820. The molecule has 98 valence electrons. The number of carbonyl (C=O) groups excluding carboxylic acids is 1. The number of hydrogen-bond acceptors (Lipinski definition) is 3. The molecule has 0 heterocycles. The fraction of sp³-hybridized carbons (Fsp3) is 0.500. The van der Waals surface area contributed by atoms with Crippen molar-refractivity contribution in [1.29, 1.82) is 0 Å². The predicted molar refractivity (Wildman–Crippen MR) is 68.7 cm³/mol. The minimum absolute atomic E-state index is 0.0104. The summed E-state index contributed by atoms with van der Waals surface area (Å²) in [6.45, 7) is 0.234. The fourth-order valence-corrected chi connectivity index (χ4v) is 2.27. The van der Waals surface area contributed by atoms with E-state index in [1.807, 2.05) is 12.1 Å². The summed E-state index contributed by atoms with van der Waals surface area (Å²) in [4.78, 5) is 11.4. The Morgan fingerprint density at radius 1 is 1.33 bits per heavy atom. The van der Waals surface area contributed by atoms with Crippen molar-refractivity contribution in [2.75, 3.05) is 19.8 Å². The van der Waals surface area contributed by atoms with E-state index in [1.165, 1.54) is 24.0 Å². The van der Waals surface area contributed by atoms with Gasteiger partial charge < -0.3 is 15.2 Å². The zero-order valence-corrected chi connectivity index (χ0v) is 10.4. The summed E-state index contributed by atoms with van der Waals surface area (Å²) in [5.41, 5.74) is 2.59. The molecule has 2 rings (SSSR count). The lowest BCUT2D eigenvalue weighted by atomic mass is 9.91. The minimum atomic E-state index is -0.197. The normalized spacial score (nSPS) is 13.8. The molecule has 1 aliphatic rings. The van der Waals surface area contributed by atoms with Crippen LogP contribution in [0.2, 0.25) is 0 Å². The van der Waals surface area contributed by atoms with E-state index in [1.54, 1.807) is 0 Å². The van der Waals surface area contributed by atoms with Crippen molar-refractivity contribution < 1.29 is 14.6 Å². The number of amides is 1. The first-order valence-electron chi connectivity index (χ1n) is 6.42. The molecule has 0 fully saturated rings. The molecule has 1 aromatic carbocycles. The zero-order chi connectivity index (χ0) is 12.8. The second-order valence-electron chi connectivity index (χ2n) is 4.46. The van der Waals surface area contributed by atoms with Gasteiger partial charge in [-0.05, 0) is 42.9 Å². The highest BCUT2D eigenvalue weighted by Gasteiger charge is 2.14. The molecule has 0 spiro atoms. The molecule has 1 aromatic rings. The average Bonchev–Trinajstić information content (AvgIpc) is 2.42. The number of aliphatic hydroxyl groups is 1. The zero-order valence-electron chi connectivity index (χ0n) is 10.4. The van der Waals surface area contributed by atoms with Gasteiger partial charge in [0.25, 0.3) is 5.91 Å². The molecule has 0 saturated heterocycles. The SMILES string of the molecule is O=C(COc1cccc2c1CCCC2)NCCO. The molecular weight excluding hydrogens is 230 g/mol. The summed E-state index contributed by atoms with van der Waals surface area (Å²) in [5.74, 6) is 0.629. The Bertz CT molecular complexity index is 418. The van der Waals surface area contributed by atoms with Crippen LogP contribution in [0.5, 0.6) is 5.75 Å². The molecule has 0 aliphatic heterocycles. The summed E-state index contributed by atoms with van der Waals surface area (Å²) in [6.07, 6.45) is 4.55. The van der Waals surface area contributed by atoms with E-state index in [-0.39, 0.29) is 25.7 Å². The highest BCUT2D eigenvalue weighted by Crippen LogP contribution is 2.29. The number of aryl methyl sites for hydroxylation is 1. The van der Waals surface area contributed by atoms with Gasteiger partial charge in [0, 0.05) is 6.54 Å². The Hall–Kier alpha value is -1.55. The van der Waals surface area contributed by atoms with Crippen molar-refractivity contribution in [3.8, 4) is 5.75 Å². The van der Waals surface area contributed by atoms with Crippen LogP contribution < -0.4 is 10.1 Å². The highest BCUT2D eigenvalue weighted by molar-refractivity contribution is 5.77. The molecule has 0 aromatic heterocycles. The summed E-state index contributed by atoms with van der Waals surface area (Å²) >= 11 is 0. The molecule has 0 saturated carbocycles. The standard InChI is InChI=1S/C14H19NO3/c16-9-8-15-14(17)10-18-13-7-3-5-11-4-1-2-6-12(11)13/h3,5,7,16H,1-2,4,6,8-10H2,(H,15,17). The number of fused-ring (bicyclic) bond motifs is 1. The first kappa shape index (κ1) is 12.9. The largest absolute Gasteiger partial charge is 0.483 e. The molecule has 1 aliphatic carbocycles. The molecule has 4 heteroatoms. The lowest BCUT2D eigenvalue weighted by Crippen LogP contribution is -2.31. The third-order valence-corrected chi connectivity index (χ3v) is 3.15. The van der Waals surface area contributed by atoms with Crippen molar-refractivity contribution in [2.24, 2.45) is 0 Å². The van der Waals surface area contributed by atoms with Crippen LogP contribution >= 0.6 is 0 Å². The average molecular weight is 249 g/mol. The van der Waals surface area contributed by atoms with Crippen molar-refractivity contribution in [2.45, 2.75) is 25.7 Å². The van der Waals surface area contributed by atoms with Crippen LogP contribution in [0.25, 0.3) is 0 Å². The molecule has 18 heavy (non-hydrogen) atoms. The van der Waals surface area contributed by atoms with E-state index in [4.69, 9.17) is 9.84 Å². The number of rotatable bonds is 5. The maximum atomic E-state index is 11.4. The third kappa shape index (κ3) is 3.23. The van der Waals surface area contributed by atoms with Crippen LogP contribution in [-0.2, 0) is 17.6 Å². The van der Waals surface area contributed by atoms with Crippen molar-refractivity contribution in [1.82, 2.24) is 5.32 Å². The summed E-state index contributed by atoms with van der Waals surface area (Å²) in [6, 6.07) is 6.03. The van der Waals surface area contributed by atoms with Crippen LogP contribution in [0.4, 0.5) is 0 Å². The van der Waals surface area contributed by atoms with Gasteiger partial charge in [0.05, 0.1) is 6.61 Å². The summed E-state index contributed by atoms with van der Waals surface area (Å²) in [5, 5.41) is 11.2. The van der Waals surface area contributed by atoms with Crippen LogP contribution in [0.1, 0.15) is 24.0 Å². The number of ether oxygens (including phenoxy) is 1. The Balaban J connectivity index is 1.95. The van der Waals surface area contributed by atoms with E-state index in [9.17, 15) is 4.79 Å². The van der Waals surface area contributed by atoms with E-state index >= 15 is 0 Å². The van der Waals surface area contributed by atoms with Gasteiger partial charge in [-0.3, -0.25) is 4.79 Å². The topological polar surface area (TPSA) is 58.6 Å². The maximum Gasteiger partial charge on any atom is 0.258 e. The molecule has 1 amide bonds. The molecular formula is C14H19NO3. The predicted octanol–water partition coefficient (Wildman–Crippen LogP) is 1.05. The van der Waals surface area contributed by atoms with Crippen LogP contribution in [-0.4, -0.2) is 30.8 Å². The Labute approximate surface area is 107 Å². The van der Waals surface area contributed by atoms with Crippen molar-refractivity contribution >= 4 is 5.91 Å². The number of carbonyl (C=O) groups is 1. The van der Waals surface area contributed by atoms with Gasteiger partial charge in [-0.1, -0.05) is 12.1 Å². The van der Waals surface area contributed by atoms with E-state index in [2.05, 4.69) is 11.4 Å². The van der Waals surface area contributed by atoms with Gasteiger partial charge in [0.15, 0.2) is 6.61 Å². The van der Waals surface area contributed by atoms with E-state index < -0.39 is 0 Å². The lowest BCUT2D eigenvalue weighted by molar-refractivity contribution is -0.123. The number of nitrogens with one attached hydrogen (secondary N) is 1. The Kier molecular flexibility index (Phi) is 4.59. The van der Waals surface area contributed by atoms with E-state index in [0.29, 0.717) is 0 Å². The number of aliphatic hydroxyl groups excluding tert-OH is 1. The second kappa shape index (κ2) is 6.40. The van der Waals surface area contributed by atoms with Gasteiger partial charge in [-0.25, -0.2) is 0 Å². The molecule has 4 nitrogen and oxygen atoms in total. The van der Waals surface area contributed by atoms with Crippen LogP contribution in [0.15, 0.2) is 18.2 Å². The molecule has 0 unspecified atom stereocenters. The molecule has 0 radical (unpaired) electrons. The minimum Gasteiger partial charge on any atom is -0.483 e. The Morgan fingerprint density at radius 2 is 2.17 bits per heavy atom. The van der Waals surface area contributed by atoms with E-state index in [0.717, 1.165) is 18.6 Å². The first-order valence-corrected chi connectivity index (χ1v) is 6.42. The maximum absolute atomic E-state index is 11.4. The smallest absolute Gasteiger partial charge is 0.258 e. The molecule has 0 atom stereocenters. The van der Waals surface area contributed by atoms with Crippen molar-refractivity contribution in [3.05, 3.63) is 29.3 Å². The number of benzene rings is 1. The Morgan fingerprint density at radius 3 is 3.00 bits per heavy atom. The van der Waals surface area contributed by atoms with Gasteiger partial charge in [-0.2, -0.15) is 0 Å². The second-order valence-corrected chi connectivity index (χ2v) is 4.46. The monoisotopic (exact) mass is 249 g/mol. The molecule has 0 bridgehead atoms. The first-order chi connectivity index (χ1) is 8.81. The van der Waals surface area contributed by atoms with Gasteiger partial charge in [0.1, 0.15) is 5.75 Å². The van der Waals surface area contributed by atoms with Crippen LogP contribution in [0, 0.1) is 0 Å². The van der Waals surface area contributed by atoms with Crippen molar-refractivity contribution in [3.63, 3.8) is 0 Å². The third-order valence-electron chi connectivity index (χ3n) is 3.15. The molecule has 2 N–H and O–H groups in total. The van der Waals surface area contributed by atoms with Gasteiger partial charge >= 0.3 is 0 Å². The van der Waals surface area contributed by atoms with Gasteiger partial charge in [0.2, 0.25) is 0 Å².